The molecule has 148 valence electrons. The van der Waals surface area contributed by atoms with E-state index in [0.29, 0.717) is 5.69 Å². The monoisotopic (exact) mass is 413 g/mol. The Bertz CT molecular complexity index is 1050. The fourth-order valence-electron chi connectivity index (χ4n) is 2.78. The number of thiocarbonyl (C=S) groups is 1. The summed E-state index contributed by atoms with van der Waals surface area (Å²) in [6.07, 6.45) is 1.13. The number of amides is 2. The van der Waals surface area contributed by atoms with Crippen molar-refractivity contribution in [3.63, 3.8) is 0 Å². The molecule has 0 radical (unpaired) electrons. The van der Waals surface area contributed by atoms with Crippen LogP contribution in [0.1, 0.15) is 5.56 Å². The van der Waals surface area contributed by atoms with Gasteiger partial charge in [0.15, 0.2) is 16.6 Å². The molecule has 0 aromatic heterocycles. The second-order valence-corrected chi connectivity index (χ2v) is 6.20. The Hall–Kier alpha value is -3.79. The van der Waals surface area contributed by atoms with Crippen LogP contribution in [0.25, 0.3) is 6.08 Å². The van der Waals surface area contributed by atoms with Crippen LogP contribution in [0.4, 0.5) is 11.4 Å². The van der Waals surface area contributed by atoms with Crippen LogP contribution < -0.4 is 19.7 Å². The van der Waals surface area contributed by atoms with E-state index in [1.165, 1.54) is 20.3 Å². The molecule has 0 saturated carbocycles. The molecule has 2 aromatic carbocycles. The molecule has 0 spiro atoms. The highest BCUT2D eigenvalue weighted by Gasteiger charge is 2.35. The number of nitro benzene ring substituents is 1. The smallest absolute Gasteiger partial charge is 0.280 e. The van der Waals surface area contributed by atoms with Gasteiger partial charge in [-0.2, -0.15) is 0 Å². The summed E-state index contributed by atoms with van der Waals surface area (Å²) in [5, 5.41) is 13.8. The zero-order valence-corrected chi connectivity index (χ0v) is 16.2. The summed E-state index contributed by atoms with van der Waals surface area (Å²) >= 11 is 5.12. The first-order valence-corrected chi connectivity index (χ1v) is 8.65. The molecule has 1 aliphatic heterocycles. The number of hydrogen-bond donors (Lipinski definition) is 1. The quantitative estimate of drug-likeness (QED) is 0.263. The van der Waals surface area contributed by atoms with Crippen molar-refractivity contribution < 1.29 is 24.0 Å². The fraction of sp³-hybridized carbons (Fsp3) is 0.105. The number of anilines is 1. The zero-order valence-electron chi connectivity index (χ0n) is 15.4. The Balaban J connectivity index is 2.13. The lowest BCUT2D eigenvalue weighted by molar-refractivity contribution is -0.385. The molecule has 9 nitrogen and oxygen atoms in total. The molecule has 1 fully saturated rings. The second kappa shape index (κ2) is 8.07. The van der Waals surface area contributed by atoms with Gasteiger partial charge in [-0.3, -0.25) is 29.9 Å². The van der Waals surface area contributed by atoms with Crippen LogP contribution in [-0.4, -0.2) is 36.1 Å². The number of carbonyl (C=O) groups excluding carboxylic acids is 2. The molecule has 1 saturated heterocycles. The molecule has 3 rings (SSSR count). The number of benzene rings is 2. The normalized spacial score (nSPS) is 15.3. The lowest BCUT2D eigenvalue weighted by Crippen LogP contribution is -2.54. The fourth-order valence-corrected chi connectivity index (χ4v) is 3.06. The third kappa shape index (κ3) is 3.78. The summed E-state index contributed by atoms with van der Waals surface area (Å²) in [7, 11) is 2.71. The number of nitro groups is 1. The van der Waals surface area contributed by atoms with E-state index >= 15 is 0 Å². The predicted octanol–water partition coefficient (Wildman–Crippen LogP) is 2.44. The van der Waals surface area contributed by atoms with Crippen molar-refractivity contribution in [2.75, 3.05) is 19.1 Å². The van der Waals surface area contributed by atoms with E-state index in [1.54, 1.807) is 30.3 Å². The maximum atomic E-state index is 13.0. The predicted molar refractivity (Wildman–Crippen MR) is 109 cm³/mol. The Morgan fingerprint density at radius 3 is 2.31 bits per heavy atom. The minimum Gasteiger partial charge on any atom is -0.493 e. The first kappa shape index (κ1) is 20.0. The van der Waals surface area contributed by atoms with Crippen molar-refractivity contribution in [2.24, 2.45) is 0 Å². The van der Waals surface area contributed by atoms with Gasteiger partial charge in [0.2, 0.25) is 0 Å². The van der Waals surface area contributed by atoms with Gasteiger partial charge in [-0.1, -0.05) is 18.2 Å². The lowest BCUT2D eigenvalue weighted by atomic mass is 10.0. The van der Waals surface area contributed by atoms with Gasteiger partial charge in [0.25, 0.3) is 17.5 Å². The Morgan fingerprint density at radius 1 is 1.10 bits per heavy atom. The highest BCUT2D eigenvalue weighted by atomic mass is 32.1. The molecule has 0 unspecified atom stereocenters. The van der Waals surface area contributed by atoms with Gasteiger partial charge in [-0.05, 0) is 36.5 Å². The second-order valence-electron chi connectivity index (χ2n) is 5.82. The van der Waals surface area contributed by atoms with Crippen molar-refractivity contribution >= 4 is 46.6 Å². The van der Waals surface area contributed by atoms with Crippen molar-refractivity contribution in [1.82, 2.24) is 5.32 Å². The molecule has 1 aliphatic rings. The number of nitrogens with zero attached hydrogens (tertiary/aromatic N) is 2. The molecule has 2 aromatic rings. The maximum Gasteiger partial charge on any atom is 0.280 e. The number of rotatable bonds is 5. The zero-order chi connectivity index (χ0) is 21.1. The molecule has 0 atom stereocenters. The molecule has 10 heteroatoms. The van der Waals surface area contributed by atoms with Gasteiger partial charge in [-0.25, -0.2) is 0 Å². The van der Waals surface area contributed by atoms with Crippen LogP contribution >= 0.6 is 12.2 Å². The molecule has 1 heterocycles. The topological polar surface area (TPSA) is 111 Å². The number of methoxy groups -OCH3 is 2. The first-order chi connectivity index (χ1) is 13.9. The Kier molecular flexibility index (Phi) is 5.55. The molecule has 29 heavy (non-hydrogen) atoms. The first-order valence-electron chi connectivity index (χ1n) is 8.24. The van der Waals surface area contributed by atoms with E-state index < -0.39 is 16.7 Å². The molecule has 0 aliphatic carbocycles. The molecular weight excluding hydrogens is 398 g/mol. The summed E-state index contributed by atoms with van der Waals surface area (Å²) in [5.74, 6) is -1.10. The maximum absolute atomic E-state index is 13.0. The van der Waals surface area contributed by atoms with Crippen LogP contribution in [0, 0.1) is 10.1 Å². The van der Waals surface area contributed by atoms with Crippen LogP contribution in [0.5, 0.6) is 11.5 Å². The van der Waals surface area contributed by atoms with Crippen molar-refractivity contribution in [2.45, 2.75) is 0 Å². The van der Waals surface area contributed by atoms with E-state index in [1.807, 2.05) is 0 Å². The standard InChI is InChI=1S/C19H15N3O6S/c1-27-15-9-11(14(22(25)26)10-16(15)28-2)8-13-17(23)20-19(29)21(18(13)24)12-6-4-3-5-7-12/h3-10H,1-2H3,(H,20,23,29). The van der Waals surface area contributed by atoms with E-state index in [-0.39, 0.29) is 33.4 Å². The number of hydrogen-bond acceptors (Lipinski definition) is 7. The number of para-hydroxylation sites is 1. The molecule has 1 N–H and O–H groups in total. The largest absolute Gasteiger partial charge is 0.493 e. The van der Waals surface area contributed by atoms with Crippen molar-refractivity contribution in [3.05, 3.63) is 63.7 Å². The van der Waals surface area contributed by atoms with Crippen molar-refractivity contribution in [3.8, 4) is 11.5 Å². The van der Waals surface area contributed by atoms with Crippen LogP contribution in [0.2, 0.25) is 0 Å². The van der Waals surface area contributed by atoms with Crippen molar-refractivity contribution in [1.29, 1.82) is 0 Å². The third-order valence-electron chi connectivity index (χ3n) is 4.15. The summed E-state index contributed by atoms with van der Waals surface area (Å²) in [4.78, 5) is 37.4. The van der Waals surface area contributed by atoms with E-state index in [2.05, 4.69) is 5.32 Å². The summed E-state index contributed by atoms with van der Waals surface area (Å²) in [6, 6.07) is 11.0. The number of ether oxygens (including phenoxy) is 2. The minimum atomic E-state index is -0.753. The van der Waals surface area contributed by atoms with Gasteiger partial charge in [0.05, 0.1) is 36.5 Å². The Labute approximate surface area is 170 Å². The summed E-state index contributed by atoms with van der Waals surface area (Å²) in [6.45, 7) is 0. The van der Waals surface area contributed by atoms with E-state index in [4.69, 9.17) is 21.7 Å². The summed E-state index contributed by atoms with van der Waals surface area (Å²) in [5.41, 5.74) is -0.199. The highest BCUT2D eigenvalue weighted by Crippen LogP contribution is 2.36. The molecule has 2 amide bonds. The number of nitrogens with one attached hydrogen (secondary N) is 1. The average Bonchev–Trinajstić information content (AvgIpc) is 2.71. The summed E-state index contributed by atoms with van der Waals surface area (Å²) < 4.78 is 10.2. The molecular formula is C19H15N3O6S. The van der Waals surface area contributed by atoms with Gasteiger partial charge in [0.1, 0.15) is 5.57 Å². The third-order valence-corrected chi connectivity index (χ3v) is 4.43. The number of carbonyl (C=O) groups is 2. The SMILES string of the molecule is COc1cc(C=C2C(=O)NC(=S)N(c3ccccc3)C2=O)c([N+](=O)[O-])cc1OC. The van der Waals surface area contributed by atoms with Crippen LogP contribution in [-0.2, 0) is 9.59 Å². The highest BCUT2D eigenvalue weighted by molar-refractivity contribution is 7.80. The molecule has 0 bridgehead atoms. The van der Waals surface area contributed by atoms with E-state index in [0.717, 1.165) is 17.0 Å². The van der Waals surface area contributed by atoms with Gasteiger partial charge in [-0.15, -0.1) is 0 Å². The average molecular weight is 413 g/mol. The minimum absolute atomic E-state index is 0.00646. The van der Waals surface area contributed by atoms with E-state index in [9.17, 15) is 19.7 Å². The van der Waals surface area contributed by atoms with Gasteiger partial charge in [0, 0.05) is 0 Å². The Morgan fingerprint density at radius 2 is 1.72 bits per heavy atom. The van der Waals surface area contributed by atoms with Crippen LogP contribution in [0.3, 0.4) is 0 Å². The van der Waals surface area contributed by atoms with Crippen LogP contribution in [0.15, 0.2) is 48.0 Å². The van der Waals surface area contributed by atoms with Gasteiger partial charge < -0.3 is 9.47 Å². The lowest BCUT2D eigenvalue weighted by Gasteiger charge is -2.28. The van der Waals surface area contributed by atoms with Gasteiger partial charge >= 0.3 is 0 Å².